The maximum atomic E-state index is 12.9. The Morgan fingerprint density at radius 3 is 2.67 bits per heavy atom. The van der Waals surface area contributed by atoms with Crippen molar-refractivity contribution in [3.05, 3.63) is 35.6 Å². The number of halogens is 1. The van der Waals surface area contributed by atoms with Crippen LogP contribution in [0, 0.1) is 11.7 Å². The summed E-state index contributed by atoms with van der Waals surface area (Å²) in [6.07, 6.45) is 8.15. The molecule has 2 aliphatic rings. The van der Waals surface area contributed by atoms with E-state index in [1.54, 1.807) is 12.1 Å². The fourth-order valence-electron chi connectivity index (χ4n) is 3.65. The Kier molecular flexibility index (Phi) is 2.08. The summed E-state index contributed by atoms with van der Waals surface area (Å²) in [5.41, 5.74) is 1.79. The molecule has 0 heterocycles. The van der Waals surface area contributed by atoms with Crippen LogP contribution in [0.4, 0.5) is 4.39 Å². The average molecular weight is 204 g/mol. The van der Waals surface area contributed by atoms with Gasteiger partial charge in [-0.05, 0) is 54.7 Å². The molecule has 15 heavy (non-hydrogen) atoms. The summed E-state index contributed by atoms with van der Waals surface area (Å²) < 4.78 is 12.9. The Labute approximate surface area is 90.5 Å². The summed E-state index contributed by atoms with van der Waals surface area (Å²) in [6, 6.07) is 7.24. The third-order valence-corrected chi connectivity index (χ3v) is 4.43. The first-order valence-electron chi connectivity index (χ1n) is 6.05. The van der Waals surface area contributed by atoms with Crippen molar-refractivity contribution in [1.82, 2.24) is 0 Å². The van der Waals surface area contributed by atoms with Crippen molar-refractivity contribution >= 4 is 0 Å². The molecule has 1 aromatic carbocycles. The highest BCUT2D eigenvalue weighted by molar-refractivity contribution is 5.28. The van der Waals surface area contributed by atoms with Crippen molar-refractivity contribution in [3.63, 3.8) is 0 Å². The zero-order valence-corrected chi connectivity index (χ0v) is 9.01. The second-order valence-electron chi connectivity index (χ2n) is 5.29. The molecule has 0 radical (unpaired) electrons. The Morgan fingerprint density at radius 2 is 1.87 bits per heavy atom. The number of hydrogen-bond acceptors (Lipinski definition) is 0. The lowest BCUT2D eigenvalue weighted by molar-refractivity contribution is 0.306. The van der Waals surface area contributed by atoms with Crippen LogP contribution in [-0.2, 0) is 5.41 Å². The van der Waals surface area contributed by atoms with Gasteiger partial charge in [0.25, 0.3) is 0 Å². The molecule has 0 saturated heterocycles. The zero-order valence-electron chi connectivity index (χ0n) is 9.01. The van der Waals surface area contributed by atoms with Gasteiger partial charge in [0.15, 0.2) is 0 Å². The van der Waals surface area contributed by atoms with Crippen LogP contribution in [0.5, 0.6) is 0 Å². The van der Waals surface area contributed by atoms with Crippen LogP contribution >= 0.6 is 0 Å². The summed E-state index contributed by atoms with van der Waals surface area (Å²) in [5.74, 6) is 0.837. The smallest absolute Gasteiger partial charge is 0.123 e. The van der Waals surface area contributed by atoms with Crippen molar-refractivity contribution < 1.29 is 4.39 Å². The number of rotatable bonds is 1. The van der Waals surface area contributed by atoms with E-state index in [-0.39, 0.29) is 5.82 Å². The van der Waals surface area contributed by atoms with E-state index < -0.39 is 0 Å². The molecule has 0 N–H and O–H groups in total. The molecule has 0 aliphatic heterocycles. The van der Waals surface area contributed by atoms with Crippen LogP contribution in [0.3, 0.4) is 0 Å². The Bertz CT molecular complexity index is 350. The quantitative estimate of drug-likeness (QED) is 0.647. The summed E-state index contributed by atoms with van der Waals surface area (Å²) in [7, 11) is 0. The molecule has 0 amide bonds. The van der Waals surface area contributed by atoms with Crippen molar-refractivity contribution in [2.75, 3.05) is 0 Å². The minimum atomic E-state index is -0.111. The Morgan fingerprint density at radius 1 is 1.07 bits per heavy atom. The highest BCUT2D eigenvalue weighted by Gasteiger charge is 2.42. The third kappa shape index (κ3) is 1.49. The molecule has 1 heteroatoms. The minimum absolute atomic E-state index is 0.111. The van der Waals surface area contributed by atoms with Crippen LogP contribution in [0.15, 0.2) is 24.3 Å². The van der Waals surface area contributed by atoms with E-state index in [2.05, 4.69) is 0 Å². The molecule has 2 bridgehead atoms. The van der Waals surface area contributed by atoms with Crippen molar-refractivity contribution in [2.45, 2.75) is 43.9 Å². The first-order valence-corrected chi connectivity index (χ1v) is 6.05. The molecule has 2 aliphatic carbocycles. The van der Waals surface area contributed by atoms with Gasteiger partial charge in [0.1, 0.15) is 5.82 Å². The van der Waals surface area contributed by atoms with E-state index in [1.165, 1.54) is 44.1 Å². The Hall–Kier alpha value is -0.850. The van der Waals surface area contributed by atoms with Gasteiger partial charge in [-0.25, -0.2) is 4.39 Å². The largest absolute Gasteiger partial charge is 0.207 e. The summed E-state index contributed by atoms with van der Waals surface area (Å²) in [5, 5.41) is 0. The van der Waals surface area contributed by atoms with Gasteiger partial charge >= 0.3 is 0 Å². The average Bonchev–Trinajstić information content (AvgIpc) is 2.56. The monoisotopic (exact) mass is 204 g/mol. The van der Waals surface area contributed by atoms with Gasteiger partial charge in [-0.3, -0.25) is 0 Å². The predicted molar refractivity (Wildman–Crippen MR) is 59.3 cm³/mol. The molecule has 2 fully saturated rings. The molecular weight excluding hydrogens is 187 g/mol. The van der Waals surface area contributed by atoms with E-state index in [9.17, 15) is 4.39 Å². The van der Waals surface area contributed by atoms with Crippen LogP contribution < -0.4 is 0 Å². The van der Waals surface area contributed by atoms with Crippen molar-refractivity contribution in [1.29, 1.82) is 0 Å². The van der Waals surface area contributed by atoms with Gasteiger partial charge in [-0.1, -0.05) is 25.0 Å². The lowest BCUT2D eigenvalue weighted by atomic mass is 9.71. The second-order valence-corrected chi connectivity index (χ2v) is 5.29. The Balaban J connectivity index is 1.95. The summed E-state index contributed by atoms with van der Waals surface area (Å²) in [4.78, 5) is 0. The summed E-state index contributed by atoms with van der Waals surface area (Å²) in [6.45, 7) is 0. The van der Waals surface area contributed by atoms with Crippen LogP contribution in [0.2, 0.25) is 0 Å². The minimum Gasteiger partial charge on any atom is -0.207 e. The van der Waals surface area contributed by atoms with Gasteiger partial charge < -0.3 is 0 Å². The van der Waals surface area contributed by atoms with E-state index in [0.717, 1.165) is 5.92 Å². The van der Waals surface area contributed by atoms with E-state index in [1.807, 2.05) is 12.1 Å². The predicted octanol–water partition coefficient (Wildman–Crippen LogP) is 4.05. The number of fused-ring (bicyclic) bond motifs is 2. The molecular formula is C14H17F. The number of hydrogen-bond donors (Lipinski definition) is 0. The van der Waals surface area contributed by atoms with Gasteiger partial charge in [0, 0.05) is 0 Å². The lowest BCUT2D eigenvalue weighted by Crippen LogP contribution is -2.25. The van der Waals surface area contributed by atoms with E-state index >= 15 is 0 Å². The highest BCUT2D eigenvalue weighted by Crippen LogP contribution is 2.52. The standard InChI is InChI=1S/C14H17F/c15-13-5-3-12(4-6-13)14-8-1-2-11(10-14)7-9-14/h3-6,11H,1-2,7-10H2. The molecule has 0 nitrogen and oxygen atoms in total. The lowest BCUT2D eigenvalue weighted by Gasteiger charge is -2.33. The zero-order chi connectivity index (χ0) is 10.3. The van der Waals surface area contributed by atoms with Crippen molar-refractivity contribution in [2.24, 2.45) is 5.92 Å². The molecule has 2 unspecified atom stereocenters. The molecule has 2 atom stereocenters. The fourth-order valence-corrected chi connectivity index (χ4v) is 3.65. The SMILES string of the molecule is Fc1ccc(C23CCCC(CC2)C3)cc1. The molecule has 0 spiro atoms. The maximum absolute atomic E-state index is 12.9. The van der Waals surface area contributed by atoms with Gasteiger partial charge in [-0.2, -0.15) is 0 Å². The van der Waals surface area contributed by atoms with E-state index in [4.69, 9.17) is 0 Å². The molecule has 2 saturated carbocycles. The molecule has 1 aromatic rings. The second kappa shape index (κ2) is 3.33. The van der Waals surface area contributed by atoms with Gasteiger partial charge in [0.2, 0.25) is 0 Å². The topological polar surface area (TPSA) is 0 Å². The third-order valence-electron chi connectivity index (χ3n) is 4.43. The number of benzene rings is 1. The molecule has 3 rings (SSSR count). The van der Waals surface area contributed by atoms with Crippen LogP contribution in [0.25, 0.3) is 0 Å². The van der Waals surface area contributed by atoms with Crippen LogP contribution in [-0.4, -0.2) is 0 Å². The maximum Gasteiger partial charge on any atom is 0.123 e. The first kappa shape index (κ1) is 9.38. The van der Waals surface area contributed by atoms with Crippen LogP contribution in [0.1, 0.15) is 44.1 Å². The summed E-state index contributed by atoms with van der Waals surface area (Å²) >= 11 is 0. The van der Waals surface area contributed by atoms with Gasteiger partial charge in [-0.15, -0.1) is 0 Å². The highest BCUT2D eigenvalue weighted by atomic mass is 19.1. The van der Waals surface area contributed by atoms with Gasteiger partial charge in [0.05, 0.1) is 0 Å². The fraction of sp³-hybridized carbons (Fsp3) is 0.571. The van der Waals surface area contributed by atoms with Crippen molar-refractivity contribution in [3.8, 4) is 0 Å². The molecule has 80 valence electrons. The normalized spacial score (nSPS) is 34.3. The molecule has 0 aromatic heterocycles. The van der Waals surface area contributed by atoms with E-state index in [0.29, 0.717) is 5.41 Å². The first-order chi connectivity index (χ1) is 7.28.